The van der Waals surface area contributed by atoms with Gasteiger partial charge >= 0.3 is 12.4 Å². The van der Waals surface area contributed by atoms with Gasteiger partial charge in [0.05, 0.1) is 20.9 Å². The first-order valence-electron chi connectivity index (χ1n) is 8.98. The number of hydrogen-bond donors (Lipinski definition) is 1. The van der Waals surface area contributed by atoms with Crippen LogP contribution in [0.25, 0.3) is 0 Å². The first-order valence-corrected chi connectivity index (χ1v) is 10.5. The second-order valence-corrected chi connectivity index (χ2v) is 8.53. The van der Waals surface area contributed by atoms with E-state index in [1.165, 1.54) is 24.3 Å². The molecule has 1 aromatic heterocycles. The Labute approximate surface area is 183 Å². The van der Waals surface area contributed by atoms with Crippen molar-refractivity contribution >= 4 is 15.7 Å². The zero-order valence-electron chi connectivity index (χ0n) is 16.3. The Hall–Kier alpha value is -3.48. The highest BCUT2D eigenvalue weighted by Crippen LogP contribution is 2.32. The fourth-order valence-electron chi connectivity index (χ4n) is 2.75. The predicted molar refractivity (Wildman–Crippen MR) is 102 cm³/mol. The average Bonchev–Trinajstić information content (AvgIpc) is 2.76. The van der Waals surface area contributed by atoms with E-state index in [4.69, 9.17) is 0 Å². The summed E-state index contributed by atoms with van der Waals surface area (Å²) in [4.78, 5) is 17.4. The van der Waals surface area contributed by atoms with Crippen molar-refractivity contribution in [1.29, 1.82) is 0 Å². The summed E-state index contributed by atoms with van der Waals surface area (Å²) < 4.78 is 102. The van der Waals surface area contributed by atoms with Crippen LogP contribution in [-0.2, 0) is 28.7 Å². The summed E-state index contributed by atoms with van der Waals surface area (Å²) in [6.45, 7) is -0.381. The lowest BCUT2D eigenvalue weighted by molar-refractivity contribution is -0.145. The third kappa shape index (κ3) is 5.48. The predicted octanol–water partition coefficient (Wildman–Crippen LogP) is 4.28. The molecule has 1 heterocycles. The summed E-state index contributed by atoms with van der Waals surface area (Å²) in [7, 11) is -4.39. The molecule has 3 rings (SSSR count). The molecule has 1 amide bonds. The highest BCUT2D eigenvalue weighted by molar-refractivity contribution is 7.91. The van der Waals surface area contributed by atoms with E-state index in [9.17, 15) is 39.6 Å². The smallest absolute Gasteiger partial charge is 0.348 e. The lowest BCUT2D eigenvalue weighted by Crippen LogP contribution is -2.24. The summed E-state index contributed by atoms with van der Waals surface area (Å²) in [5.41, 5.74) is -1.39. The Bertz CT molecular complexity index is 1270. The Morgan fingerprint density at radius 1 is 0.879 bits per heavy atom. The Balaban J connectivity index is 1.84. The molecule has 2 aromatic carbocycles. The molecule has 3 aromatic rings. The molecule has 0 unspecified atom stereocenters. The van der Waals surface area contributed by atoms with Gasteiger partial charge in [-0.05, 0) is 29.8 Å². The summed E-state index contributed by atoms with van der Waals surface area (Å²) >= 11 is 0. The fraction of sp³-hybridized carbons (Fsp3) is 0.150. The molecule has 0 radical (unpaired) electrons. The molecule has 0 aliphatic rings. The van der Waals surface area contributed by atoms with Crippen LogP contribution >= 0.6 is 0 Å². The van der Waals surface area contributed by atoms with E-state index in [2.05, 4.69) is 15.3 Å². The van der Waals surface area contributed by atoms with Crippen molar-refractivity contribution in [3.05, 3.63) is 83.4 Å². The lowest BCUT2D eigenvalue weighted by Gasteiger charge is -2.13. The molecule has 33 heavy (non-hydrogen) atoms. The molecular weight excluding hydrogens is 476 g/mol. The Kier molecular flexibility index (Phi) is 6.45. The van der Waals surface area contributed by atoms with Gasteiger partial charge in [0.1, 0.15) is 0 Å². The Morgan fingerprint density at radius 2 is 1.52 bits per heavy atom. The second-order valence-electron chi connectivity index (χ2n) is 6.61. The summed E-state index contributed by atoms with van der Waals surface area (Å²) in [5.74, 6) is -2.31. The van der Waals surface area contributed by atoms with Crippen LogP contribution in [0.1, 0.15) is 27.3 Å². The fourth-order valence-corrected chi connectivity index (χ4v) is 4.28. The molecule has 0 bridgehead atoms. The van der Waals surface area contributed by atoms with Crippen LogP contribution in [0.5, 0.6) is 0 Å². The number of alkyl halides is 6. The number of halogens is 6. The number of rotatable bonds is 5. The number of amides is 1. The van der Waals surface area contributed by atoms with Gasteiger partial charge in [0.25, 0.3) is 5.91 Å². The van der Waals surface area contributed by atoms with Crippen molar-refractivity contribution in [3.63, 3.8) is 0 Å². The van der Waals surface area contributed by atoms with Gasteiger partial charge in [0.2, 0.25) is 15.7 Å². The van der Waals surface area contributed by atoms with Crippen molar-refractivity contribution in [2.24, 2.45) is 0 Å². The van der Waals surface area contributed by atoms with Gasteiger partial charge in [-0.2, -0.15) is 26.3 Å². The minimum atomic E-state index is -4.79. The normalized spacial score (nSPS) is 12.4. The number of carbonyl (C=O) groups is 1. The SMILES string of the molecule is O=C(NCc1ccccc1S(=O)(=O)c1cccc(C(F)(F)F)c1)c1cnc(C(F)(F)F)nc1. The molecule has 0 aliphatic carbocycles. The molecule has 0 saturated carbocycles. The molecule has 174 valence electrons. The molecule has 0 aliphatic heterocycles. The van der Waals surface area contributed by atoms with Crippen molar-refractivity contribution in [1.82, 2.24) is 15.3 Å². The van der Waals surface area contributed by atoms with Gasteiger partial charge in [-0.15, -0.1) is 0 Å². The van der Waals surface area contributed by atoms with Crippen molar-refractivity contribution in [3.8, 4) is 0 Å². The molecule has 13 heteroatoms. The van der Waals surface area contributed by atoms with Crippen LogP contribution in [0.15, 0.2) is 70.7 Å². The number of nitrogens with zero attached hydrogens (tertiary/aromatic N) is 2. The molecule has 1 N–H and O–H groups in total. The van der Waals surface area contributed by atoms with Gasteiger partial charge < -0.3 is 5.32 Å². The lowest BCUT2D eigenvalue weighted by atomic mass is 10.2. The largest absolute Gasteiger partial charge is 0.451 e. The highest BCUT2D eigenvalue weighted by atomic mass is 32.2. The minimum Gasteiger partial charge on any atom is -0.348 e. The van der Waals surface area contributed by atoms with Crippen LogP contribution in [0.3, 0.4) is 0 Å². The van der Waals surface area contributed by atoms with Crippen LogP contribution in [0.2, 0.25) is 0 Å². The molecule has 0 saturated heterocycles. The monoisotopic (exact) mass is 489 g/mol. The minimum absolute atomic E-state index is 0.0519. The van der Waals surface area contributed by atoms with E-state index in [1.807, 2.05) is 0 Å². The van der Waals surface area contributed by atoms with Gasteiger partial charge in [-0.25, -0.2) is 18.4 Å². The van der Waals surface area contributed by atoms with Gasteiger partial charge in [0.15, 0.2) is 0 Å². The van der Waals surface area contributed by atoms with Crippen molar-refractivity contribution in [2.75, 3.05) is 0 Å². The maximum absolute atomic E-state index is 13.0. The maximum Gasteiger partial charge on any atom is 0.451 e. The zero-order chi connectivity index (χ0) is 24.4. The van der Waals surface area contributed by atoms with E-state index in [-0.39, 0.29) is 22.6 Å². The summed E-state index contributed by atoms with van der Waals surface area (Å²) in [6.07, 6.45) is -8.21. The van der Waals surface area contributed by atoms with Crippen molar-refractivity contribution in [2.45, 2.75) is 28.7 Å². The quantitative estimate of drug-likeness (QED) is 0.541. The number of sulfone groups is 1. The van der Waals surface area contributed by atoms with Gasteiger partial charge in [-0.3, -0.25) is 4.79 Å². The molecular formula is C20H13F6N3O3S. The molecule has 0 fully saturated rings. The maximum atomic E-state index is 13.0. The summed E-state index contributed by atoms with van der Waals surface area (Å²) in [6, 6.07) is 8.53. The van der Waals surface area contributed by atoms with Crippen LogP contribution < -0.4 is 5.32 Å². The zero-order valence-corrected chi connectivity index (χ0v) is 17.1. The second kappa shape index (κ2) is 8.81. The highest BCUT2D eigenvalue weighted by Gasteiger charge is 2.34. The third-order valence-electron chi connectivity index (χ3n) is 4.34. The summed E-state index contributed by atoms with van der Waals surface area (Å²) in [5, 5.41) is 2.33. The van der Waals surface area contributed by atoms with Gasteiger partial charge in [0, 0.05) is 18.9 Å². The van der Waals surface area contributed by atoms with E-state index >= 15 is 0 Å². The Morgan fingerprint density at radius 3 is 2.12 bits per heavy atom. The number of carbonyl (C=O) groups excluding carboxylic acids is 1. The molecule has 6 nitrogen and oxygen atoms in total. The molecule has 0 spiro atoms. The van der Waals surface area contributed by atoms with E-state index < -0.39 is 44.4 Å². The van der Waals surface area contributed by atoms with E-state index in [0.717, 1.165) is 18.2 Å². The van der Waals surface area contributed by atoms with Crippen LogP contribution in [0.4, 0.5) is 26.3 Å². The first-order chi connectivity index (χ1) is 15.3. The number of hydrogen-bond acceptors (Lipinski definition) is 5. The number of nitrogens with one attached hydrogen (secondary N) is 1. The van der Waals surface area contributed by atoms with Crippen LogP contribution in [-0.4, -0.2) is 24.3 Å². The number of aromatic nitrogens is 2. The molecule has 0 atom stereocenters. The van der Waals surface area contributed by atoms with Gasteiger partial charge in [-0.1, -0.05) is 24.3 Å². The van der Waals surface area contributed by atoms with Crippen molar-refractivity contribution < 1.29 is 39.6 Å². The average molecular weight is 489 g/mol. The van der Waals surface area contributed by atoms with E-state index in [0.29, 0.717) is 18.5 Å². The third-order valence-corrected chi connectivity index (χ3v) is 6.19. The van der Waals surface area contributed by atoms with E-state index in [1.54, 1.807) is 0 Å². The number of benzene rings is 2. The topological polar surface area (TPSA) is 89.0 Å². The van der Waals surface area contributed by atoms with Crippen LogP contribution in [0, 0.1) is 0 Å². The first kappa shape index (κ1) is 24.2. The standard InChI is InChI=1S/C20H13F6N3O3S/c21-19(22,23)14-5-3-6-15(8-14)33(31,32)16-7-2-1-4-12(16)9-27-17(30)13-10-28-18(29-11-13)20(24,25)26/h1-8,10-11H,9H2,(H,27,30).